The second kappa shape index (κ2) is 22.7. The smallest absolute Gasteiger partial charge is 0.332 e. The molecule has 426 valence electrons. The van der Waals surface area contributed by atoms with Crippen molar-refractivity contribution in [3.05, 3.63) is 72.1 Å². The zero-order chi connectivity index (χ0) is 58.4. The lowest BCUT2D eigenvalue weighted by Crippen LogP contribution is -2.62. The number of pyridine rings is 2. The average Bonchev–Trinajstić information content (AvgIpc) is 4.45. The number of benzene rings is 2. The van der Waals surface area contributed by atoms with Crippen LogP contribution >= 0.6 is 11.8 Å². The van der Waals surface area contributed by atoms with Crippen LogP contribution in [0.15, 0.2) is 60.7 Å². The molecule has 6 N–H and O–H groups in total. The maximum absolute atomic E-state index is 15.4. The van der Waals surface area contributed by atoms with Gasteiger partial charge in [0.05, 0.1) is 16.8 Å². The van der Waals surface area contributed by atoms with Gasteiger partial charge in [-0.2, -0.15) is 0 Å². The molecule has 8 amide bonds. The molecule has 4 heterocycles. The van der Waals surface area contributed by atoms with Crippen molar-refractivity contribution in [3.63, 3.8) is 0 Å². The number of ether oxygens (including phenoxy) is 2. The van der Waals surface area contributed by atoms with E-state index in [1.54, 1.807) is 62.4 Å². The summed E-state index contributed by atoms with van der Waals surface area (Å²) in [4.78, 5) is 158. The van der Waals surface area contributed by atoms with E-state index in [1.807, 2.05) is 0 Å². The number of likely N-dealkylation sites (N-methyl/N-ethyl adjacent to an activating group) is 4. The number of carbonyl (C=O) groups excluding carboxylic acids is 10. The summed E-state index contributed by atoms with van der Waals surface area (Å²) < 4.78 is 25.3. The van der Waals surface area contributed by atoms with Gasteiger partial charge in [0.2, 0.25) is 35.4 Å². The van der Waals surface area contributed by atoms with Crippen LogP contribution in [0.5, 0.6) is 11.5 Å². The minimum Gasteiger partial charge on any atom is -0.505 e. The van der Waals surface area contributed by atoms with E-state index in [0.29, 0.717) is 21.8 Å². The van der Waals surface area contributed by atoms with E-state index in [9.17, 15) is 48.6 Å². The molecule has 12 atom stereocenters. The van der Waals surface area contributed by atoms with Crippen LogP contribution in [0, 0.1) is 11.8 Å². The van der Waals surface area contributed by atoms with Gasteiger partial charge in [-0.3, -0.25) is 42.6 Å². The number of nitrogens with one attached hydrogen (secondary N) is 4. The van der Waals surface area contributed by atoms with Gasteiger partial charge < -0.3 is 60.6 Å². The summed E-state index contributed by atoms with van der Waals surface area (Å²) in [6.45, 7) is 4.01. The van der Waals surface area contributed by atoms with Gasteiger partial charge in [0.1, 0.15) is 76.6 Å². The summed E-state index contributed by atoms with van der Waals surface area (Å²) in [6.07, 6.45) is 1.49. The van der Waals surface area contributed by atoms with Crippen LogP contribution in [0.4, 0.5) is 0 Å². The fourth-order valence-corrected chi connectivity index (χ4v) is 13.5. The minimum atomic E-state index is -2.40. The average molecular weight is 1140 g/mol. The molecule has 8 rings (SSSR count). The number of para-hydroxylation sites is 2. The molecule has 2 bridgehead atoms. The second-order valence-corrected chi connectivity index (χ2v) is 23.6. The minimum absolute atomic E-state index is 0.000637. The molecule has 4 aromatic rings. The third-order valence-corrected chi connectivity index (χ3v) is 19.0. The molecule has 4 fully saturated rings. The van der Waals surface area contributed by atoms with Gasteiger partial charge in [-0.25, -0.2) is 19.6 Å². The molecule has 80 heavy (non-hydrogen) atoms. The van der Waals surface area contributed by atoms with Crippen LogP contribution in [0.2, 0.25) is 0 Å². The molecule has 25 nitrogen and oxygen atoms in total. The molecule has 4 aliphatic rings. The quantitative estimate of drug-likeness (QED) is 0.141. The van der Waals surface area contributed by atoms with Crippen molar-refractivity contribution >= 4 is 104 Å². The Morgan fingerprint density at radius 3 is 1.46 bits per heavy atom. The fraction of sp³-hybridized carbons (Fsp3) is 0.472. The molecule has 27 heteroatoms. The molecule has 0 radical (unpaired) electrons. The highest BCUT2D eigenvalue weighted by atomic mass is 32.2. The first-order valence-corrected chi connectivity index (χ1v) is 28.2. The van der Waals surface area contributed by atoms with Gasteiger partial charge in [-0.05, 0) is 69.0 Å². The van der Waals surface area contributed by atoms with Crippen LogP contribution in [0.3, 0.4) is 0 Å². The predicted molar refractivity (Wildman–Crippen MR) is 288 cm³/mol. The number of rotatable bonds is 5. The molecular weight excluding hydrogens is 1080 g/mol. The number of aromatic nitrogens is 2. The first-order valence-electron chi connectivity index (χ1n) is 25.5. The van der Waals surface area contributed by atoms with E-state index in [1.165, 1.54) is 60.4 Å². The number of thioether (sulfide) groups is 1. The van der Waals surface area contributed by atoms with Gasteiger partial charge in [-0.15, -0.1) is 11.8 Å². The van der Waals surface area contributed by atoms with Gasteiger partial charge in [0.25, 0.3) is 11.8 Å². The molecule has 2 saturated heterocycles. The summed E-state index contributed by atoms with van der Waals surface area (Å²) in [7, 11) is 2.53. The van der Waals surface area contributed by atoms with Gasteiger partial charge >= 0.3 is 11.9 Å². The number of aromatic hydroxyl groups is 2. The maximum Gasteiger partial charge on any atom is 0.332 e. The van der Waals surface area contributed by atoms with E-state index in [0.717, 1.165) is 31.4 Å². The Hall–Kier alpha value is -7.94. The maximum atomic E-state index is 15.4. The summed E-state index contributed by atoms with van der Waals surface area (Å²) in [5.74, 6) is -13.3. The topological polar surface area (TPSA) is 334 Å². The number of fused-ring (bicyclic) bond motifs is 6. The lowest BCUT2D eigenvalue weighted by molar-refractivity contribution is -0.161. The SMILES string of the molecule is CS[C@H]1[C@H]2C(=O)N(C)[C@]3(C[C@@H]3C)C(=O)OCC(NC(=O)c3nc4ccccc4cc3O)C(=O)N[C@@H](C)C(=O)N(C)[C@@H](CS1=O)C(=O)N(C)[C@]1(C[C@@H]1C)C(=O)OC[C@@H](NC(=O)c1nc3ccccc3cc1O)C(=O)N[C@@H](C)C(=O)N2C. The molecule has 2 aliphatic heterocycles. The second-order valence-electron chi connectivity index (χ2n) is 20.7. The Morgan fingerprint density at radius 1 is 0.650 bits per heavy atom. The van der Waals surface area contributed by atoms with Crippen molar-refractivity contribution in [3.8, 4) is 11.5 Å². The van der Waals surface area contributed by atoms with Crippen LogP contribution in [-0.2, 0) is 58.6 Å². The number of nitrogens with zero attached hydrogens (tertiary/aromatic N) is 6. The number of hydrogen-bond acceptors (Lipinski definition) is 18. The number of amides is 8. The lowest BCUT2D eigenvalue weighted by Gasteiger charge is -2.39. The number of hydrogen-bond donors (Lipinski definition) is 6. The molecule has 2 aromatic heterocycles. The van der Waals surface area contributed by atoms with E-state index >= 15 is 13.8 Å². The molecular formula is C53H62N10O15S2. The molecule has 2 aromatic carbocycles. The van der Waals surface area contributed by atoms with Crippen molar-refractivity contribution in [2.24, 2.45) is 11.8 Å². The summed E-state index contributed by atoms with van der Waals surface area (Å²) in [5.41, 5.74) is -3.89. The Labute approximate surface area is 465 Å². The highest BCUT2D eigenvalue weighted by Gasteiger charge is 2.66. The summed E-state index contributed by atoms with van der Waals surface area (Å²) in [5, 5.41) is 32.6. The van der Waals surface area contributed by atoms with E-state index in [-0.39, 0.29) is 12.8 Å². The summed E-state index contributed by atoms with van der Waals surface area (Å²) in [6, 6.07) is 5.58. The molecule has 2 saturated carbocycles. The van der Waals surface area contributed by atoms with Gasteiger partial charge in [0, 0.05) is 49.8 Å². The van der Waals surface area contributed by atoms with Crippen LogP contribution < -0.4 is 21.3 Å². The van der Waals surface area contributed by atoms with Crippen LogP contribution in [0.25, 0.3) is 21.8 Å². The van der Waals surface area contributed by atoms with Crippen molar-refractivity contribution in [1.82, 2.24) is 50.8 Å². The Bertz CT molecular complexity index is 3280. The Kier molecular flexibility index (Phi) is 16.5. The van der Waals surface area contributed by atoms with Gasteiger partial charge in [-0.1, -0.05) is 50.2 Å². The largest absolute Gasteiger partial charge is 0.505 e. The van der Waals surface area contributed by atoms with Crippen molar-refractivity contribution in [2.75, 3.05) is 53.4 Å². The standard InChI is InChI=1S/C53H62N10O15S2/c1-25-20-52(25)50(74)77-22-34(59-44(69)39-37(65)19-30-15-11-13-17-32(30)57-39)42(67)55-28(4)46(71)61(6)40-48(73)63(8)53(21-26(53)2)51(75)78-23-33(58-43(68)38-36(64)18-29-14-10-12-16-31(29)56-38)41(66)54-27(3)45(70)60(5)35(47(72)62(52)7)24-80(76)49(40)79-9/h10-19,25-28,33-35,40,49,64-65H,20-24H2,1-9H3,(H,54,66)(H,55,67)(H,58,68)(H,59,69)/t25-,26-,27-,28-,33?,34+,35-,40+,49+,52-,53-,80?/m0/s1. The monoisotopic (exact) mass is 1140 g/mol. The van der Waals surface area contributed by atoms with Crippen molar-refractivity contribution < 1.29 is 71.8 Å². The first kappa shape index (κ1) is 58.2. The zero-order valence-electron chi connectivity index (χ0n) is 45.2. The highest BCUT2D eigenvalue weighted by Crippen LogP contribution is 2.50. The van der Waals surface area contributed by atoms with Crippen LogP contribution in [0.1, 0.15) is 61.5 Å². The number of esters is 2. The lowest BCUT2D eigenvalue weighted by atomic mass is 10.1. The van der Waals surface area contributed by atoms with E-state index in [4.69, 9.17) is 9.47 Å². The van der Waals surface area contributed by atoms with Gasteiger partial charge in [0.15, 0.2) is 11.4 Å². The predicted octanol–water partition coefficient (Wildman–Crippen LogP) is -0.220. The Balaban J connectivity index is 1.20. The number of cyclic esters (lactones) is 2. The fourth-order valence-electron chi connectivity index (χ4n) is 10.4. The summed E-state index contributed by atoms with van der Waals surface area (Å²) >= 11 is 0.866. The van der Waals surface area contributed by atoms with E-state index in [2.05, 4.69) is 31.2 Å². The zero-order valence-corrected chi connectivity index (χ0v) is 46.8. The normalized spacial score (nSPS) is 30.5. The number of carbonyl (C=O) groups is 10. The third-order valence-electron chi connectivity index (χ3n) is 15.6. The van der Waals surface area contributed by atoms with Crippen LogP contribution in [-0.4, -0.2) is 209 Å². The Morgan fingerprint density at radius 2 is 1.05 bits per heavy atom. The first-order chi connectivity index (χ1) is 37.8. The molecule has 2 unspecified atom stereocenters. The van der Waals surface area contributed by atoms with Crippen molar-refractivity contribution in [1.29, 1.82) is 0 Å². The highest BCUT2D eigenvalue weighted by molar-refractivity contribution is 8.11. The van der Waals surface area contributed by atoms with E-state index < -0.39 is 176 Å². The molecule has 2 spiro atoms. The van der Waals surface area contributed by atoms with Crippen molar-refractivity contribution in [2.45, 2.75) is 92.4 Å². The third kappa shape index (κ3) is 10.8. The molecule has 2 aliphatic carbocycles.